The first-order valence-electron chi connectivity index (χ1n) is 10.3. The maximum Gasteiger partial charge on any atom is 0.253 e. The number of thioether (sulfide) groups is 1. The van der Waals surface area contributed by atoms with Gasteiger partial charge in [0.05, 0.1) is 12.9 Å². The Kier molecular flexibility index (Phi) is 7.88. The summed E-state index contributed by atoms with van der Waals surface area (Å²) in [6, 6.07) is 14.5. The van der Waals surface area contributed by atoms with Crippen molar-refractivity contribution in [3.63, 3.8) is 0 Å². The number of carbonyl (C=O) groups is 2. The number of nitrogens with zero attached hydrogens (tertiary/aromatic N) is 4. The molecule has 0 spiro atoms. The maximum atomic E-state index is 12.5. The third-order valence-corrected chi connectivity index (χ3v) is 5.85. The minimum Gasteiger partial charge on any atom is -0.497 e. The van der Waals surface area contributed by atoms with Gasteiger partial charge >= 0.3 is 0 Å². The lowest BCUT2D eigenvalue weighted by Crippen LogP contribution is -2.30. The van der Waals surface area contributed by atoms with Crippen molar-refractivity contribution >= 4 is 29.3 Å². The molecule has 0 saturated heterocycles. The third kappa shape index (κ3) is 5.47. The second kappa shape index (κ2) is 10.8. The molecule has 1 N–H and O–H groups in total. The van der Waals surface area contributed by atoms with Crippen LogP contribution >= 0.6 is 11.8 Å². The number of carbonyl (C=O) groups excluding carboxylic acids is 2. The first kappa shape index (κ1) is 23.3. The lowest BCUT2D eigenvalue weighted by atomic mass is 10.2. The van der Waals surface area contributed by atoms with E-state index in [1.54, 1.807) is 36.3 Å². The van der Waals surface area contributed by atoms with Gasteiger partial charge in [-0.3, -0.25) is 14.2 Å². The number of benzene rings is 2. The van der Waals surface area contributed by atoms with Gasteiger partial charge in [-0.2, -0.15) is 0 Å². The Morgan fingerprint density at radius 2 is 1.69 bits per heavy atom. The zero-order valence-electron chi connectivity index (χ0n) is 18.7. The molecule has 0 atom stereocenters. The summed E-state index contributed by atoms with van der Waals surface area (Å²) in [5.41, 5.74) is 2.13. The highest BCUT2D eigenvalue weighted by Gasteiger charge is 2.15. The highest BCUT2D eigenvalue weighted by atomic mass is 32.2. The van der Waals surface area contributed by atoms with Crippen LogP contribution in [0.1, 0.15) is 30.0 Å². The Hall–Kier alpha value is -3.33. The zero-order chi connectivity index (χ0) is 23.1. The standard InChI is InChI=1S/C23H27N5O3S/c1-5-27(6-2)22(30)17-7-9-18(10-8-17)24-21(29)15-32-23-26-25-16(3)28(23)19-11-13-20(31-4)14-12-19/h7-14H,5-6,15H2,1-4H3,(H,24,29). The van der Waals surface area contributed by atoms with E-state index in [1.807, 2.05) is 49.6 Å². The number of nitrogens with one attached hydrogen (secondary N) is 1. The molecular weight excluding hydrogens is 426 g/mol. The molecule has 0 saturated carbocycles. The van der Waals surface area contributed by atoms with Gasteiger partial charge in [0.2, 0.25) is 5.91 Å². The molecule has 32 heavy (non-hydrogen) atoms. The van der Waals surface area contributed by atoms with Crippen LogP contribution in [-0.2, 0) is 4.79 Å². The number of aromatic nitrogens is 3. The predicted octanol–water partition coefficient (Wildman–Crippen LogP) is 3.80. The Morgan fingerprint density at radius 1 is 1.03 bits per heavy atom. The summed E-state index contributed by atoms with van der Waals surface area (Å²) in [6.07, 6.45) is 0. The molecule has 168 valence electrons. The second-order valence-electron chi connectivity index (χ2n) is 6.95. The van der Waals surface area contributed by atoms with Gasteiger partial charge in [0.25, 0.3) is 5.91 Å². The number of hydrogen-bond acceptors (Lipinski definition) is 6. The smallest absolute Gasteiger partial charge is 0.253 e. The largest absolute Gasteiger partial charge is 0.497 e. The molecular formula is C23H27N5O3S. The van der Waals surface area contributed by atoms with Crippen LogP contribution in [0.4, 0.5) is 5.69 Å². The van der Waals surface area contributed by atoms with Gasteiger partial charge < -0.3 is 15.0 Å². The van der Waals surface area contributed by atoms with Gasteiger partial charge in [-0.05, 0) is 69.3 Å². The lowest BCUT2D eigenvalue weighted by molar-refractivity contribution is -0.113. The molecule has 1 heterocycles. The van der Waals surface area contributed by atoms with E-state index in [2.05, 4.69) is 15.5 Å². The van der Waals surface area contributed by atoms with E-state index >= 15 is 0 Å². The third-order valence-electron chi connectivity index (χ3n) is 4.92. The Balaban J connectivity index is 1.61. The van der Waals surface area contributed by atoms with E-state index in [4.69, 9.17) is 4.74 Å². The van der Waals surface area contributed by atoms with Crippen molar-refractivity contribution in [1.29, 1.82) is 0 Å². The Labute approximate surface area is 192 Å². The van der Waals surface area contributed by atoms with Crippen LogP contribution in [0, 0.1) is 6.92 Å². The summed E-state index contributed by atoms with van der Waals surface area (Å²) >= 11 is 1.30. The van der Waals surface area contributed by atoms with Crippen LogP contribution < -0.4 is 10.1 Å². The van der Waals surface area contributed by atoms with Crippen molar-refractivity contribution in [2.75, 3.05) is 31.3 Å². The number of amides is 2. The first-order chi connectivity index (χ1) is 15.5. The number of hydrogen-bond donors (Lipinski definition) is 1. The molecule has 0 radical (unpaired) electrons. The van der Waals surface area contributed by atoms with E-state index in [0.29, 0.717) is 29.5 Å². The lowest BCUT2D eigenvalue weighted by Gasteiger charge is -2.18. The van der Waals surface area contributed by atoms with Crippen LogP contribution in [-0.4, -0.2) is 57.4 Å². The van der Waals surface area contributed by atoms with Gasteiger partial charge in [-0.1, -0.05) is 11.8 Å². The molecule has 3 aromatic rings. The zero-order valence-corrected chi connectivity index (χ0v) is 19.5. The van der Waals surface area contributed by atoms with Crippen LogP contribution in [0.15, 0.2) is 53.7 Å². The monoisotopic (exact) mass is 453 g/mol. The fraction of sp³-hybridized carbons (Fsp3) is 0.304. The number of rotatable bonds is 9. The van der Waals surface area contributed by atoms with Gasteiger partial charge in [-0.15, -0.1) is 10.2 Å². The van der Waals surface area contributed by atoms with Crippen molar-refractivity contribution in [3.8, 4) is 11.4 Å². The highest BCUT2D eigenvalue weighted by molar-refractivity contribution is 7.99. The van der Waals surface area contributed by atoms with Crippen LogP contribution in [0.3, 0.4) is 0 Å². The number of methoxy groups -OCH3 is 1. The van der Waals surface area contributed by atoms with Crippen molar-refractivity contribution in [2.45, 2.75) is 25.9 Å². The minimum atomic E-state index is -0.167. The summed E-state index contributed by atoms with van der Waals surface area (Å²) in [7, 11) is 1.62. The normalized spacial score (nSPS) is 10.6. The van der Waals surface area contributed by atoms with Gasteiger partial charge in [0.15, 0.2) is 5.16 Å². The summed E-state index contributed by atoms with van der Waals surface area (Å²) < 4.78 is 7.10. The van der Waals surface area contributed by atoms with Gasteiger partial charge in [-0.25, -0.2) is 0 Å². The number of anilines is 1. The van der Waals surface area contributed by atoms with Crippen LogP contribution in [0.25, 0.3) is 5.69 Å². The van der Waals surface area contributed by atoms with E-state index < -0.39 is 0 Å². The summed E-state index contributed by atoms with van der Waals surface area (Å²) in [5.74, 6) is 1.48. The topological polar surface area (TPSA) is 89.4 Å². The average Bonchev–Trinajstić information content (AvgIpc) is 3.19. The molecule has 0 aliphatic heterocycles. The van der Waals surface area contributed by atoms with Crippen molar-refractivity contribution in [2.24, 2.45) is 0 Å². The molecule has 0 aliphatic rings. The first-order valence-corrected chi connectivity index (χ1v) is 11.3. The van der Waals surface area contributed by atoms with Crippen LogP contribution in [0.5, 0.6) is 5.75 Å². The van der Waals surface area contributed by atoms with E-state index in [1.165, 1.54) is 11.8 Å². The molecule has 2 amide bonds. The molecule has 0 bridgehead atoms. The SMILES string of the molecule is CCN(CC)C(=O)c1ccc(NC(=O)CSc2nnc(C)n2-c2ccc(OC)cc2)cc1. The Morgan fingerprint density at radius 3 is 2.28 bits per heavy atom. The quantitative estimate of drug-likeness (QED) is 0.496. The molecule has 0 aliphatic carbocycles. The van der Waals surface area contributed by atoms with E-state index in [-0.39, 0.29) is 17.6 Å². The molecule has 0 unspecified atom stereocenters. The molecule has 9 heteroatoms. The molecule has 3 rings (SSSR count). The van der Waals surface area contributed by atoms with Crippen molar-refractivity contribution < 1.29 is 14.3 Å². The summed E-state index contributed by atoms with van der Waals surface area (Å²) in [6.45, 7) is 7.08. The number of aryl methyl sites for hydroxylation is 1. The van der Waals surface area contributed by atoms with Crippen molar-refractivity contribution in [1.82, 2.24) is 19.7 Å². The second-order valence-corrected chi connectivity index (χ2v) is 7.90. The van der Waals surface area contributed by atoms with Crippen molar-refractivity contribution in [3.05, 3.63) is 59.9 Å². The molecule has 2 aromatic carbocycles. The van der Waals surface area contributed by atoms with Crippen LogP contribution in [0.2, 0.25) is 0 Å². The minimum absolute atomic E-state index is 0.0170. The van der Waals surface area contributed by atoms with Gasteiger partial charge in [0.1, 0.15) is 11.6 Å². The average molecular weight is 454 g/mol. The summed E-state index contributed by atoms with van der Waals surface area (Å²) in [4.78, 5) is 26.6. The molecule has 0 fully saturated rings. The van der Waals surface area contributed by atoms with E-state index in [0.717, 1.165) is 17.3 Å². The fourth-order valence-electron chi connectivity index (χ4n) is 3.18. The summed E-state index contributed by atoms with van der Waals surface area (Å²) in [5, 5.41) is 11.8. The fourth-order valence-corrected chi connectivity index (χ4v) is 3.98. The van der Waals surface area contributed by atoms with Gasteiger partial charge in [0, 0.05) is 30.0 Å². The van der Waals surface area contributed by atoms with E-state index in [9.17, 15) is 9.59 Å². The predicted molar refractivity (Wildman–Crippen MR) is 126 cm³/mol. The molecule has 8 nitrogen and oxygen atoms in total. The number of ether oxygens (including phenoxy) is 1. The molecule has 1 aromatic heterocycles. The highest BCUT2D eigenvalue weighted by Crippen LogP contribution is 2.23. The Bertz CT molecular complexity index is 1060. The maximum absolute atomic E-state index is 12.5.